The van der Waals surface area contributed by atoms with Crippen molar-refractivity contribution in [3.8, 4) is 17.2 Å². The largest absolute Gasteiger partial charge is 0.573 e. The van der Waals surface area contributed by atoms with Crippen molar-refractivity contribution in [2.45, 2.75) is 25.9 Å². The number of benzene rings is 3. The van der Waals surface area contributed by atoms with E-state index in [1.165, 1.54) is 24.3 Å². The van der Waals surface area contributed by atoms with Gasteiger partial charge in [0.15, 0.2) is 11.5 Å². The molecule has 0 spiro atoms. The Labute approximate surface area is 185 Å². The minimum absolute atomic E-state index is 0. The standard InChI is InChI=1S/C23H22F3NO3.ClH/c1-2-28-21-14-18(10-13-20(21)29-15-16-6-4-3-5-7-16)22(27)17-8-11-19(12-9-17)30-23(24,25)26;/h3-14,22H,2,15,27H2,1H3;1H/t22-;/m0./s1. The number of hydrogen-bond acceptors (Lipinski definition) is 4. The fourth-order valence-electron chi connectivity index (χ4n) is 2.91. The van der Waals surface area contributed by atoms with Gasteiger partial charge < -0.3 is 19.9 Å². The lowest BCUT2D eigenvalue weighted by molar-refractivity contribution is -0.274. The lowest BCUT2D eigenvalue weighted by atomic mass is 9.99. The van der Waals surface area contributed by atoms with Gasteiger partial charge in [-0.05, 0) is 47.9 Å². The first kappa shape index (κ1) is 24.4. The highest BCUT2D eigenvalue weighted by Crippen LogP contribution is 2.33. The first-order valence-electron chi connectivity index (χ1n) is 9.40. The lowest BCUT2D eigenvalue weighted by Gasteiger charge is -2.17. The van der Waals surface area contributed by atoms with Gasteiger partial charge >= 0.3 is 6.36 Å². The van der Waals surface area contributed by atoms with Crippen molar-refractivity contribution in [2.24, 2.45) is 5.73 Å². The molecule has 2 N–H and O–H groups in total. The third kappa shape index (κ3) is 7.08. The molecule has 3 aromatic rings. The maximum atomic E-state index is 12.3. The van der Waals surface area contributed by atoms with Crippen LogP contribution in [0.3, 0.4) is 0 Å². The topological polar surface area (TPSA) is 53.7 Å². The van der Waals surface area contributed by atoms with E-state index in [1.54, 1.807) is 12.1 Å². The number of nitrogens with two attached hydrogens (primary N) is 1. The SMILES string of the molecule is CCOc1cc([C@@H](N)c2ccc(OC(F)(F)F)cc2)ccc1OCc1ccccc1.Cl. The van der Waals surface area contributed by atoms with Crippen LogP contribution < -0.4 is 19.9 Å². The van der Waals surface area contributed by atoms with Crippen molar-refractivity contribution < 1.29 is 27.4 Å². The maximum absolute atomic E-state index is 12.3. The summed E-state index contributed by atoms with van der Waals surface area (Å²) in [5.41, 5.74) is 8.73. The Balaban J connectivity index is 0.00000341. The highest BCUT2D eigenvalue weighted by atomic mass is 35.5. The normalized spacial score (nSPS) is 11.9. The molecule has 0 bridgehead atoms. The average Bonchev–Trinajstić information content (AvgIpc) is 2.73. The Hall–Kier alpha value is -2.90. The smallest absolute Gasteiger partial charge is 0.490 e. The van der Waals surface area contributed by atoms with E-state index in [9.17, 15) is 13.2 Å². The van der Waals surface area contributed by atoms with Crippen molar-refractivity contribution in [3.63, 3.8) is 0 Å². The van der Waals surface area contributed by atoms with Gasteiger partial charge in [0, 0.05) is 0 Å². The fourth-order valence-corrected chi connectivity index (χ4v) is 2.91. The van der Waals surface area contributed by atoms with Gasteiger partial charge in [0.05, 0.1) is 12.6 Å². The molecule has 0 fully saturated rings. The Morgan fingerprint density at radius 2 is 1.48 bits per heavy atom. The molecular formula is C23H23ClF3NO3. The molecule has 0 aliphatic rings. The second-order valence-corrected chi connectivity index (χ2v) is 6.51. The number of halogens is 4. The summed E-state index contributed by atoms with van der Waals surface area (Å²) in [4.78, 5) is 0. The molecule has 0 aromatic heterocycles. The van der Waals surface area contributed by atoms with Crippen LogP contribution in [0.15, 0.2) is 72.8 Å². The van der Waals surface area contributed by atoms with E-state index in [0.29, 0.717) is 30.3 Å². The zero-order valence-corrected chi connectivity index (χ0v) is 17.6. The minimum atomic E-state index is -4.73. The molecule has 0 aliphatic heterocycles. The van der Waals surface area contributed by atoms with Crippen LogP contribution in [0.1, 0.15) is 29.7 Å². The van der Waals surface area contributed by atoms with E-state index in [2.05, 4.69) is 4.74 Å². The van der Waals surface area contributed by atoms with Crippen LogP contribution in [0, 0.1) is 0 Å². The van der Waals surface area contributed by atoms with Gasteiger partial charge in [-0.25, -0.2) is 0 Å². The quantitative estimate of drug-likeness (QED) is 0.452. The van der Waals surface area contributed by atoms with Crippen LogP contribution in [-0.4, -0.2) is 13.0 Å². The first-order valence-corrected chi connectivity index (χ1v) is 9.40. The zero-order valence-electron chi connectivity index (χ0n) is 16.8. The van der Waals surface area contributed by atoms with Gasteiger partial charge in [0.25, 0.3) is 0 Å². The molecule has 0 aliphatic carbocycles. The van der Waals surface area contributed by atoms with Gasteiger partial charge in [-0.2, -0.15) is 0 Å². The van der Waals surface area contributed by atoms with Crippen molar-refractivity contribution in [3.05, 3.63) is 89.5 Å². The fraction of sp³-hybridized carbons (Fsp3) is 0.217. The Bertz CT molecular complexity index is 951. The molecular weight excluding hydrogens is 431 g/mol. The average molecular weight is 454 g/mol. The maximum Gasteiger partial charge on any atom is 0.573 e. The van der Waals surface area contributed by atoms with E-state index in [0.717, 1.165) is 11.1 Å². The predicted molar refractivity (Wildman–Crippen MR) is 115 cm³/mol. The summed E-state index contributed by atoms with van der Waals surface area (Å²) in [5, 5.41) is 0. The first-order chi connectivity index (χ1) is 14.4. The third-order valence-corrected chi connectivity index (χ3v) is 4.34. The molecule has 4 nitrogen and oxygen atoms in total. The van der Waals surface area contributed by atoms with Crippen LogP contribution in [0.4, 0.5) is 13.2 Å². The summed E-state index contributed by atoms with van der Waals surface area (Å²) >= 11 is 0. The summed E-state index contributed by atoms with van der Waals surface area (Å²) in [6, 6.07) is 20.1. The summed E-state index contributed by atoms with van der Waals surface area (Å²) in [6.07, 6.45) is -4.73. The molecule has 0 saturated carbocycles. The molecule has 3 aromatic carbocycles. The van der Waals surface area contributed by atoms with Crippen LogP contribution in [0.2, 0.25) is 0 Å². The predicted octanol–water partition coefficient (Wildman–Crippen LogP) is 6.03. The van der Waals surface area contributed by atoms with Gasteiger partial charge in [0.2, 0.25) is 0 Å². The summed E-state index contributed by atoms with van der Waals surface area (Å²) in [7, 11) is 0. The molecule has 3 rings (SSSR count). The molecule has 8 heteroatoms. The van der Waals surface area contributed by atoms with Crippen molar-refractivity contribution in [1.29, 1.82) is 0 Å². The Kier molecular flexibility index (Phi) is 8.59. The Morgan fingerprint density at radius 3 is 2.10 bits per heavy atom. The van der Waals surface area contributed by atoms with Gasteiger partial charge in [-0.15, -0.1) is 25.6 Å². The monoisotopic (exact) mass is 453 g/mol. The van der Waals surface area contributed by atoms with E-state index in [-0.39, 0.29) is 18.2 Å². The molecule has 31 heavy (non-hydrogen) atoms. The van der Waals surface area contributed by atoms with E-state index < -0.39 is 12.4 Å². The van der Waals surface area contributed by atoms with Crippen LogP contribution >= 0.6 is 12.4 Å². The number of ether oxygens (including phenoxy) is 3. The number of alkyl halides is 3. The third-order valence-electron chi connectivity index (χ3n) is 4.34. The molecule has 0 saturated heterocycles. The van der Waals surface area contributed by atoms with Crippen molar-refractivity contribution >= 4 is 12.4 Å². The summed E-state index contributed by atoms with van der Waals surface area (Å²) < 4.78 is 52.4. The van der Waals surface area contributed by atoms with E-state index in [1.807, 2.05) is 43.3 Å². The lowest BCUT2D eigenvalue weighted by Crippen LogP contribution is -2.17. The Morgan fingerprint density at radius 1 is 0.839 bits per heavy atom. The van der Waals surface area contributed by atoms with Crippen molar-refractivity contribution in [2.75, 3.05) is 6.61 Å². The molecule has 0 amide bonds. The summed E-state index contributed by atoms with van der Waals surface area (Å²) in [5.74, 6) is 0.849. The second kappa shape index (κ2) is 10.9. The molecule has 0 radical (unpaired) electrons. The van der Waals surface area contributed by atoms with Crippen LogP contribution in [-0.2, 0) is 6.61 Å². The molecule has 1 atom stereocenters. The molecule has 0 heterocycles. The highest BCUT2D eigenvalue weighted by molar-refractivity contribution is 5.85. The van der Waals surface area contributed by atoms with Gasteiger partial charge in [-0.1, -0.05) is 48.5 Å². The zero-order chi connectivity index (χ0) is 21.6. The second-order valence-electron chi connectivity index (χ2n) is 6.51. The molecule has 0 unspecified atom stereocenters. The van der Waals surface area contributed by atoms with E-state index in [4.69, 9.17) is 15.2 Å². The number of hydrogen-bond donors (Lipinski definition) is 1. The summed E-state index contributed by atoms with van der Waals surface area (Å²) in [6.45, 7) is 2.71. The van der Waals surface area contributed by atoms with Crippen LogP contribution in [0.5, 0.6) is 17.2 Å². The van der Waals surface area contributed by atoms with Gasteiger partial charge in [0.1, 0.15) is 12.4 Å². The molecule has 166 valence electrons. The minimum Gasteiger partial charge on any atom is -0.490 e. The van der Waals surface area contributed by atoms with Gasteiger partial charge in [-0.3, -0.25) is 0 Å². The van der Waals surface area contributed by atoms with Crippen LogP contribution in [0.25, 0.3) is 0 Å². The van der Waals surface area contributed by atoms with E-state index >= 15 is 0 Å². The number of rotatable bonds is 8. The van der Waals surface area contributed by atoms with Crippen molar-refractivity contribution in [1.82, 2.24) is 0 Å². The highest BCUT2D eigenvalue weighted by Gasteiger charge is 2.31.